The Morgan fingerprint density at radius 2 is 1.95 bits per heavy atom. The second-order valence-electron chi connectivity index (χ2n) is 4.90. The molecule has 0 aliphatic carbocycles. The number of ether oxygens (including phenoxy) is 1. The summed E-state index contributed by atoms with van der Waals surface area (Å²) < 4.78 is 5.54. The second-order valence-corrected chi connectivity index (χ2v) is 4.90. The van der Waals surface area contributed by atoms with Gasteiger partial charge in [0.05, 0.1) is 6.10 Å². The molecule has 2 fully saturated rings. The van der Waals surface area contributed by atoms with Crippen molar-refractivity contribution in [3.8, 4) is 0 Å². The summed E-state index contributed by atoms with van der Waals surface area (Å²) in [6.07, 6.45) is 4.08. The topological polar surface area (TPSA) is 67.6 Å². The summed E-state index contributed by atoms with van der Waals surface area (Å²) in [5, 5.41) is 2.95. The highest BCUT2D eigenvalue weighted by Crippen LogP contribution is 2.18. The van der Waals surface area contributed by atoms with Crippen molar-refractivity contribution in [3.05, 3.63) is 0 Å². The van der Waals surface area contributed by atoms with Gasteiger partial charge in [-0.15, -0.1) is 24.8 Å². The highest BCUT2D eigenvalue weighted by molar-refractivity contribution is 5.85. The van der Waals surface area contributed by atoms with Crippen LogP contribution in [0.25, 0.3) is 0 Å². The van der Waals surface area contributed by atoms with E-state index in [1.807, 2.05) is 0 Å². The van der Waals surface area contributed by atoms with E-state index in [-0.39, 0.29) is 42.9 Å². The molecule has 0 aromatic rings. The van der Waals surface area contributed by atoms with Gasteiger partial charge in [-0.2, -0.15) is 0 Å². The molecule has 0 spiro atoms. The fraction of sp³-hybridized carbons (Fsp3) is 0.917. The van der Waals surface area contributed by atoms with Crippen molar-refractivity contribution in [3.63, 3.8) is 0 Å². The minimum Gasteiger partial charge on any atom is -0.364 e. The lowest BCUT2D eigenvalue weighted by Crippen LogP contribution is -2.39. The van der Waals surface area contributed by atoms with Gasteiger partial charge in [0.15, 0.2) is 0 Å². The number of rotatable bonds is 5. The molecule has 3 N–H and O–H groups in total. The predicted molar refractivity (Wildman–Crippen MR) is 80.1 cm³/mol. The largest absolute Gasteiger partial charge is 0.364 e. The number of carbonyl (C=O) groups excluding carboxylic acids is 1. The third-order valence-electron chi connectivity index (χ3n) is 3.59. The summed E-state index contributed by atoms with van der Waals surface area (Å²) in [4.78, 5) is 14.2. The Balaban J connectivity index is 0.00000162. The smallest absolute Gasteiger partial charge is 0.249 e. The van der Waals surface area contributed by atoms with E-state index >= 15 is 0 Å². The quantitative estimate of drug-likeness (QED) is 0.778. The molecule has 0 aromatic heterocycles. The van der Waals surface area contributed by atoms with Gasteiger partial charge in [-0.1, -0.05) is 0 Å². The zero-order chi connectivity index (χ0) is 12.1. The van der Waals surface area contributed by atoms with Gasteiger partial charge in [-0.05, 0) is 38.8 Å². The minimum atomic E-state index is -0.276. The number of nitrogens with two attached hydrogens (primary N) is 1. The number of hydrogen-bond donors (Lipinski definition) is 2. The Bertz CT molecular complexity index is 263. The molecule has 2 heterocycles. The monoisotopic (exact) mass is 313 g/mol. The summed E-state index contributed by atoms with van der Waals surface area (Å²) in [5.41, 5.74) is 5.52. The summed E-state index contributed by atoms with van der Waals surface area (Å²) in [6, 6.07) is 0. The van der Waals surface area contributed by atoms with Gasteiger partial charge in [0.1, 0.15) is 6.10 Å². The van der Waals surface area contributed by atoms with E-state index < -0.39 is 0 Å². The zero-order valence-corrected chi connectivity index (χ0v) is 12.8. The molecule has 5 nitrogen and oxygen atoms in total. The number of amides is 1. The van der Waals surface area contributed by atoms with E-state index in [4.69, 9.17) is 10.5 Å². The molecule has 2 rings (SSSR count). The number of carbonyl (C=O) groups is 1. The molecular formula is C12H25Cl2N3O2. The predicted octanol–water partition coefficient (Wildman–Crippen LogP) is 0.548. The maximum Gasteiger partial charge on any atom is 0.249 e. The molecule has 2 saturated heterocycles. The normalized spacial score (nSPS) is 26.6. The van der Waals surface area contributed by atoms with Crippen LogP contribution in [-0.4, -0.2) is 55.7 Å². The van der Waals surface area contributed by atoms with Crippen LogP contribution in [0.2, 0.25) is 0 Å². The van der Waals surface area contributed by atoms with Crippen molar-refractivity contribution >= 4 is 30.7 Å². The highest BCUT2D eigenvalue weighted by Gasteiger charge is 2.29. The van der Waals surface area contributed by atoms with Crippen LogP contribution < -0.4 is 11.1 Å². The van der Waals surface area contributed by atoms with Crippen molar-refractivity contribution in [2.45, 2.75) is 37.9 Å². The van der Waals surface area contributed by atoms with E-state index in [0.717, 1.165) is 25.9 Å². The second kappa shape index (κ2) is 9.77. The molecule has 2 aliphatic rings. The van der Waals surface area contributed by atoms with Crippen LogP contribution in [0.4, 0.5) is 0 Å². The Hall–Kier alpha value is -0.0700. The van der Waals surface area contributed by atoms with Gasteiger partial charge >= 0.3 is 0 Å². The number of nitrogens with zero attached hydrogens (tertiary/aromatic N) is 1. The SMILES string of the molecule is Cl.Cl.NC[C@H]1CC[C@@H](C(=O)NCCN2CCCC2)O1. The van der Waals surface area contributed by atoms with E-state index in [1.54, 1.807) is 0 Å². The fourth-order valence-corrected chi connectivity index (χ4v) is 2.53. The van der Waals surface area contributed by atoms with E-state index in [0.29, 0.717) is 6.54 Å². The molecular weight excluding hydrogens is 289 g/mol. The third kappa shape index (κ3) is 5.83. The van der Waals surface area contributed by atoms with Crippen molar-refractivity contribution in [1.29, 1.82) is 0 Å². The third-order valence-corrected chi connectivity index (χ3v) is 3.59. The van der Waals surface area contributed by atoms with Gasteiger partial charge in [-0.3, -0.25) is 4.79 Å². The molecule has 0 unspecified atom stereocenters. The molecule has 0 aromatic carbocycles. The maximum atomic E-state index is 11.8. The van der Waals surface area contributed by atoms with Crippen LogP contribution in [0.1, 0.15) is 25.7 Å². The first-order chi connectivity index (χ1) is 8.29. The molecule has 0 bridgehead atoms. The van der Waals surface area contributed by atoms with Crippen molar-refractivity contribution in [1.82, 2.24) is 10.2 Å². The Labute approximate surface area is 127 Å². The Kier molecular flexibility index (Phi) is 9.74. The molecule has 0 saturated carbocycles. The van der Waals surface area contributed by atoms with Gasteiger partial charge < -0.3 is 20.7 Å². The summed E-state index contributed by atoms with van der Waals surface area (Å²) in [6.45, 7) is 4.54. The minimum absolute atomic E-state index is 0. The van der Waals surface area contributed by atoms with Crippen LogP contribution >= 0.6 is 24.8 Å². The lowest BCUT2D eigenvalue weighted by atomic mass is 10.2. The average Bonchev–Trinajstić information content (AvgIpc) is 2.99. The molecule has 2 atom stereocenters. The lowest BCUT2D eigenvalue weighted by molar-refractivity contribution is -0.131. The van der Waals surface area contributed by atoms with Gasteiger partial charge in [0.2, 0.25) is 5.91 Å². The van der Waals surface area contributed by atoms with Crippen molar-refractivity contribution in [2.24, 2.45) is 5.73 Å². The first-order valence-corrected chi connectivity index (χ1v) is 6.65. The summed E-state index contributed by atoms with van der Waals surface area (Å²) in [7, 11) is 0. The van der Waals surface area contributed by atoms with Gasteiger partial charge in [0.25, 0.3) is 0 Å². The average molecular weight is 314 g/mol. The van der Waals surface area contributed by atoms with E-state index in [1.165, 1.54) is 25.9 Å². The maximum absolute atomic E-state index is 11.8. The zero-order valence-electron chi connectivity index (χ0n) is 11.2. The van der Waals surface area contributed by atoms with Crippen molar-refractivity contribution in [2.75, 3.05) is 32.7 Å². The fourth-order valence-electron chi connectivity index (χ4n) is 2.53. The standard InChI is InChI=1S/C12H23N3O2.2ClH/c13-9-10-3-4-11(17-10)12(16)14-5-8-15-6-1-2-7-15;;/h10-11H,1-9,13H2,(H,14,16);2*1H/t10-,11+;;/m1../s1. The van der Waals surface area contributed by atoms with Crippen molar-refractivity contribution < 1.29 is 9.53 Å². The van der Waals surface area contributed by atoms with E-state index in [9.17, 15) is 4.79 Å². The van der Waals surface area contributed by atoms with Crippen LogP contribution in [0.15, 0.2) is 0 Å². The molecule has 0 radical (unpaired) electrons. The van der Waals surface area contributed by atoms with Gasteiger partial charge in [0, 0.05) is 19.6 Å². The molecule has 2 aliphatic heterocycles. The van der Waals surface area contributed by atoms with Gasteiger partial charge in [-0.25, -0.2) is 0 Å². The van der Waals surface area contributed by atoms with Crippen LogP contribution in [-0.2, 0) is 9.53 Å². The summed E-state index contributed by atoms with van der Waals surface area (Å²) >= 11 is 0. The number of nitrogens with one attached hydrogen (secondary N) is 1. The molecule has 7 heteroatoms. The van der Waals surface area contributed by atoms with Crippen LogP contribution in [0.5, 0.6) is 0 Å². The molecule has 114 valence electrons. The number of likely N-dealkylation sites (tertiary alicyclic amines) is 1. The highest BCUT2D eigenvalue weighted by atomic mass is 35.5. The van der Waals surface area contributed by atoms with Crippen LogP contribution in [0.3, 0.4) is 0 Å². The van der Waals surface area contributed by atoms with Crippen LogP contribution in [0, 0.1) is 0 Å². The number of hydrogen-bond acceptors (Lipinski definition) is 4. The number of halogens is 2. The van der Waals surface area contributed by atoms with E-state index in [2.05, 4.69) is 10.2 Å². The molecule has 1 amide bonds. The lowest BCUT2D eigenvalue weighted by Gasteiger charge is -2.16. The first kappa shape index (κ1) is 18.9. The first-order valence-electron chi connectivity index (χ1n) is 6.65. The summed E-state index contributed by atoms with van der Waals surface area (Å²) in [5.74, 6) is 0.0279. The Morgan fingerprint density at radius 3 is 2.53 bits per heavy atom. The Morgan fingerprint density at radius 1 is 1.26 bits per heavy atom. The molecule has 19 heavy (non-hydrogen) atoms.